The Morgan fingerprint density at radius 2 is 2.17 bits per heavy atom. The summed E-state index contributed by atoms with van der Waals surface area (Å²) in [5, 5.41) is 2.03. The number of nitrogens with one attached hydrogen (secondary N) is 1. The fourth-order valence-electron chi connectivity index (χ4n) is 0.462. The minimum Gasteiger partial charge on any atom is -0.459 e. The smallest absolute Gasteiger partial charge is 0.398 e. The zero-order valence-electron chi connectivity index (χ0n) is 6.70. The highest BCUT2D eigenvalue weighted by Gasteiger charge is 2.14. The van der Waals surface area contributed by atoms with Crippen LogP contribution in [0.25, 0.3) is 0 Å². The van der Waals surface area contributed by atoms with Crippen LogP contribution in [0.3, 0.4) is 0 Å². The number of hydrogen-bond acceptors (Lipinski definition) is 5. The minimum atomic E-state index is -1.14. The highest BCUT2D eigenvalue weighted by Crippen LogP contribution is 1.88. The van der Waals surface area contributed by atoms with E-state index in [0.29, 0.717) is 6.42 Å². The van der Waals surface area contributed by atoms with Gasteiger partial charge in [-0.3, -0.25) is 4.79 Å². The number of nitroso groups, excluding NO2 is 1. The van der Waals surface area contributed by atoms with Crippen molar-refractivity contribution in [1.82, 2.24) is 5.43 Å². The lowest BCUT2D eigenvalue weighted by molar-refractivity contribution is -0.155. The Labute approximate surface area is 69.2 Å². The van der Waals surface area contributed by atoms with Gasteiger partial charge in [0.05, 0.1) is 11.9 Å². The molecule has 0 saturated heterocycles. The fraction of sp³-hybridized carbons (Fsp3) is 0.667. The second-order valence-corrected chi connectivity index (χ2v) is 2.02. The van der Waals surface area contributed by atoms with Crippen molar-refractivity contribution in [2.45, 2.75) is 19.8 Å². The van der Waals surface area contributed by atoms with Crippen molar-refractivity contribution in [3.05, 3.63) is 4.91 Å². The van der Waals surface area contributed by atoms with Crippen molar-refractivity contribution < 1.29 is 14.3 Å². The molecule has 0 heterocycles. The van der Waals surface area contributed by atoms with Gasteiger partial charge >= 0.3 is 11.9 Å². The van der Waals surface area contributed by atoms with Crippen molar-refractivity contribution in [3.63, 3.8) is 0 Å². The molecular formula is C6H10N2O4. The van der Waals surface area contributed by atoms with Crippen molar-refractivity contribution in [3.8, 4) is 0 Å². The van der Waals surface area contributed by atoms with Gasteiger partial charge in [0, 0.05) is 0 Å². The van der Waals surface area contributed by atoms with Crippen LogP contribution in [0.4, 0.5) is 0 Å². The SMILES string of the molecule is CCCCOC(=O)C(=O)NN=O. The Bertz CT molecular complexity index is 180. The van der Waals surface area contributed by atoms with Crippen LogP contribution in [0.15, 0.2) is 5.29 Å². The van der Waals surface area contributed by atoms with Gasteiger partial charge in [0.15, 0.2) is 0 Å². The summed E-state index contributed by atoms with van der Waals surface area (Å²) in [5.74, 6) is -2.22. The van der Waals surface area contributed by atoms with E-state index in [1.807, 2.05) is 12.2 Å². The molecule has 0 radical (unpaired) electrons. The van der Waals surface area contributed by atoms with Gasteiger partial charge in [-0.15, -0.1) is 4.91 Å². The highest BCUT2D eigenvalue weighted by atomic mass is 16.5. The second kappa shape index (κ2) is 6.26. The lowest BCUT2D eigenvalue weighted by Gasteiger charge is -1.99. The summed E-state index contributed by atoms with van der Waals surface area (Å²) < 4.78 is 4.45. The molecule has 0 spiro atoms. The van der Waals surface area contributed by atoms with Crippen molar-refractivity contribution in [1.29, 1.82) is 0 Å². The van der Waals surface area contributed by atoms with Crippen LogP contribution in [0.2, 0.25) is 0 Å². The summed E-state index contributed by atoms with van der Waals surface area (Å²) in [4.78, 5) is 30.5. The molecular weight excluding hydrogens is 164 g/mol. The number of rotatable bonds is 4. The number of unbranched alkanes of at least 4 members (excludes halogenated alkanes) is 1. The van der Waals surface area contributed by atoms with Crippen LogP contribution in [0, 0.1) is 4.91 Å². The molecule has 0 unspecified atom stereocenters. The average Bonchev–Trinajstić information content (AvgIpc) is 2.05. The van der Waals surface area contributed by atoms with Gasteiger partial charge in [-0.2, -0.15) is 0 Å². The molecule has 1 amide bonds. The summed E-state index contributed by atoms with van der Waals surface area (Å²) in [5.41, 5.74) is 1.43. The molecule has 0 fully saturated rings. The van der Waals surface area contributed by atoms with E-state index < -0.39 is 11.9 Å². The molecule has 0 rings (SSSR count). The Kier molecular flexibility index (Phi) is 5.50. The average molecular weight is 174 g/mol. The molecule has 0 saturated carbocycles. The summed E-state index contributed by atoms with van der Waals surface area (Å²) in [6, 6.07) is 0. The van der Waals surface area contributed by atoms with Crippen LogP contribution >= 0.6 is 0 Å². The number of amides is 1. The third-order valence-electron chi connectivity index (χ3n) is 1.06. The normalized spacial score (nSPS) is 8.75. The number of hydrogen-bond donors (Lipinski definition) is 1. The fourth-order valence-corrected chi connectivity index (χ4v) is 0.462. The van der Waals surface area contributed by atoms with Crippen LogP contribution in [-0.2, 0) is 14.3 Å². The second-order valence-electron chi connectivity index (χ2n) is 2.02. The van der Waals surface area contributed by atoms with Crippen LogP contribution < -0.4 is 5.43 Å². The number of carbonyl (C=O) groups is 2. The summed E-state index contributed by atoms with van der Waals surface area (Å²) in [6.45, 7) is 2.10. The predicted molar refractivity (Wildman–Crippen MR) is 39.8 cm³/mol. The molecule has 0 aromatic carbocycles. The van der Waals surface area contributed by atoms with E-state index in [0.717, 1.165) is 6.42 Å². The van der Waals surface area contributed by atoms with E-state index in [-0.39, 0.29) is 6.61 Å². The molecule has 0 aliphatic heterocycles. The first kappa shape index (κ1) is 10.5. The van der Waals surface area contributed by atoms with Gasteiger partial charge in [-0.1, -0.05) is 13.3 Å². The molecule has 6 nitrogen and oxygen atoms in total. The van der Waals surface area contributed by atoms with E-state index in [4.69, 9.17) is 0 Å². The maximum absolute atomic E-state index is 10.6. The minimum absolute atomic E-state index is 0.182. The van der Waals surface area contributed by atoms with E-state index in [2.05, 4.69) is 4.74 Å². The quantitative estimate of drug-likeness (QED) is 0.216. The van der Waals surface area contributed by atoms with E-state index >= 15 is 0 Å². The molecule has 0 bridgehead atoms. The monoisotopic (exact) mass is 174 g/mol. The van der Waals surface area contributed by atoms with Gasteiger partial charge in [0.1, 0.15) is 0 Å². The lowest BCUT2D eigenvalue weighted by atomic mass is 10.4. The predicted octanol–water partition coefficient (Wildman–Crippen LogP) is 0.127. The topological polar surface area (TPSA) is 84.8 Å². The third-order valence-corrected chi connectivity index (χ3v) is 1.06. The standard InChI is InChI=1S/C6H10N2O4/c1-2-3-4-12-6(10)5(9)7-8-11/h2-4H2,1H3,(H,7,9,11). The van der Waals surface area contributed by atoms with Gasteiger partial charge in [-0.25, -0.2) is 10.2 Å². The van der Waals surface area contributed by atoms with E-state index in [1.165, 1.54) is 5.43 Å². The molecule has 0 aliphatic rings. The Balaban J connectivity index is 3.57. The van der Waals surface area contributed by atoms with Gasteiger partial charge in [0.25, 0.3) is 0 Å². The van der Waals surface area contributed by atoms with Crippen LogP contribution in [-0.4, -0.2) is 18.5 Å². The molecule has 68 valence electrons. The first-order valence-corrected chi connectivity index (χ1v) is 3.51. The molecule has 0 atom stereocenters. The first-order valence-electron chi connectivity index (χ1n) is 3.51. The summed E-state index contributed by atoms with van der Waals surface area (Å²) >= 11 is 0. The molecule has 12 heavy (non-hydrogen) atoms. The van der Waals surface area contributed by atoms with Crippen molar-refractivity contribution in [2.75, 3.05) is 6.61 Å². The van der Waals surface area contributed by atoms with Crippen LogP contribution in [0.1, 0.15) is 19.8 Å². The van der Waals surface area contributed by atoms with E-state index in [1.54, 1.807) is 0 Å². The molecule has 0 aromatic heterocycles. The number of carbonyl (C=O) groups excluding carboxylic acids is 2. The number of ether oxygens (including phenoxy) is 1. The van der Waals surface area contributed by atoms with Crippen LogP contribution in [0.5, 0.6) is 0 Å². The number of esters is 1. The van der Waals surface area contributed by atoms with E-state index in [9.17, 15) is 14.5 Å². The Morgan fingerprint density at radius 3 is 2.67 bits per heavy atom. The maximum atomic E-state index is 10.6. The Hall–Kier alpha value is -1.46. The first-order chi connectivity index (χ1) is 5.72. The highest BCUT2D eigenvalue weighted by molar-refractivity contribution is 6.32. The number of nitrogens with zero attached hydrogens (tertiary/aromatic N) is 1. The zero-order valence-corrected chi connectivity index (χ0v) is 6.70. The van der Waals surface area contributed by atoms with Crippen molar-refractivity contribution >= 4 is 11.9 Å². The zero-order chi connectivity index (χ0) is 9.40. The van der Waals surface area contributed by atoms with Gasteiger partial charge in [-0.05, 0) is 6.42 Å². The molecule has 0 aliphatic carbocycles. The summed E-state index contributed by atoms with van der Waals surface area (Å²) in [7, 11) is 0. The molecule has 6 heteroatoms. The van der Waals surface area contributed by atoms with Crippen molar-refractivity contribution in [2.24, 2.45) is 5.29 Å². The summed E-state index contributed by atoms with van der Waals surface area (Å²) in [6.07, 6.45) is 1.55. The molecule has 0 aromatic rings. The Morgan fingerprint density at radius 1 is 1.50 bits per heavy atom. The molecule has 1 N–H and O–H groups in total. The van der Waals surface area contributed by atoms with Gasteiger partial charge < -0.3 is 4.74 Å². The van der Waals surface area contributed by atoms with Gasteiger partial charge in [0.2, 0.25) is 0 Å². The lowest BCUT2D eigenvalue weighted by Crippen LogP contribution is -2.28. The largest absolute Gasteiger partial charge is 0.459 e. The third kappa shape index (κ3) is 4.37. The maximum Gasteiger partial charge on any atom is 0.398 e.